The Bertz CT molecular complexity index is 901. The fourth-order valence-electron chi connectivity index (χ4n) is 2.69. The average molecular weight is 323 g/mol. The van der Waals surface area contributed by atoms with Crippen molar-refractivity contribution in [2.45, 2.75) is 5.54 Å². The molecule has 3 rings (SSSR count). The van der Waals surface area contributed by atoms with Crippen molar-refractivity contribution in [1.29, 1.82) is 5.26 Å². The van der Waals surface area contributed by atoms with Gasteiger partial charge >= 0.3 is 0 Å². The third kappa shape index (κ3) is 2.35. The Labute approximate surface area is 134 Å². The summed E-state index contributed by atoms with van der Waals surface area (Å²) in [6.45, 7) is 0. The van der Waals surface area contributed by atoms with Gasteiger partial charge in [0.2, 0.25) is 0 Å². The summed E-state index contributed by atoms with van der Waals surface area (Å²) in [5.41, 5.74) is 0.197. The first-order valence-electron chi connectivity index (χ1n) is 6.89. The minimum Gasteiger partial charge on any atom is -0.222 e. The second-order valence-electron chi connectivity index (χ2n) is 5.21. The molecule has 0 spiro atoms. The van der Waals surface area contributed by atoms with Crippen LogP contribution in [0.15, 0.2) is 81.5 Å². The van der Waals surface area contributed by atoms with Gasteiger partial charge in [0.15, 0.2) is 20.4 Å². The van der Waals surface area contributed by atoms with E-state index in [1.54, 1.807) is 0 Å². The zero-order valence-corrected chi connectivity index (χ0v) is 13.2. The standard InChI is InChI=1S/C17H13N3O2S/c1-23(21,22)16-15(12-18)17(20-19-16,13-8-4-2-5-9-13)14-10-6-3-7-11-14/h2-11H,1H3. The molecule has 0 N–H and O–H groups in total. The lowest BCUT2D eigenvalue weighted by molar-refractivity contribution is 0.607. The molecule has 0 saturated heterocycles. The zero-order valence-electron chi connectivity index (χ0n) is 12.3. The van der Waals surface area contributed by atoms with Crippen molar-refractivity contribution in [3.05, 3.63) is 82.4 Å². The van der Waals surface area contributed by atoms with Crippen LogP contribution in [0.3, 0.4) is 0 Å². The van der Waals surface area contributed by atoms with Crippen LogP contribution in [0, 0.1) is 11.3 Å². The molecule has 2 aromatic carbocycles. The van der Waals surface area contributed by atoms with Gasteiger partial charge in [-0.05, 0) is 11.1 Å². The smallest absolute Gasteiger partial charge is 0.195 e. The summed E-state index contributed by atoms with van der Waals surface area (Å²) in [4.78, 5) is 0. The molecule has 1 aliphatic rings. The van der Waals surface area contributed by atoms with Gasteiger partial charge in [0.1, 0.15) is 11.6 Å². The van der Waals surface area contributed by atoms with E-state index < -0.39 is 15.4 Å². The van der Waals surface area contributed by atoms with E-state index in [2.05, 4.69) is 10.2 Å². The van der Waals surface area contributed by atoms with Crippen LogP contribution in [0.5, 0.6) is 0 Å². The van der Waals surface area contributed by atoms with Gasteiger partial charge in [-0.1, -0.05) is 60.7 Å². The molecule has 0 amide bonds. The lowest BCUT2D eigenvalue weighted by Crippen LogP contribution is -2.26. The molecule has 1 aliphatic heterocycles. The topological polar surface area (TPSA) is 82.6 Å². The largest absolute Gasteiger partial charge is 0.222 e. The Morgan fingerprint density at radius 2 is 1.43 bits per heavy atom. The van der Waals surface area contributed by atoms with Crippen molar-refractivity contribution in [2.75, 3.05) is 6.26 Å². The van der Waals surface area contributed by atoms with Crippen molar-refractivity contribution in [2.24, 2.45) is 10.2 Å². The molecule has 1 heterocycles. The fourth-order valence-corrected chi connectivity index (χ4v) is 3.45. The molecular formula is C17H13N3O2S. The van der Waals surface area contributed by atoms with E-state index in [-0.39, 0.29) is 10.6 Å². The second kappa shape index (κ2) is 5.45. The molecule has 0 fully saturated rings. The number of nitrogens with zero attached hydrogens (tertiary/aromatic N) is 3. The van der Waals surface area contributed by atoms with Crippen LogP contribution in [0.1, 0.15) is 11.1 Å². The molecule has 23 heavy (non-hydrogen) atoms. The van der Waals surface area contributed by atoms with Crippen LogP contribution < -0.4 is 0 Å². The van der Waals surface area contributed by atoms with Gasteiger partial charge in [-0.3, -0.25) is 0 Å². The van der Waals surface area contributed by atoms with Crippen molar-refractivity contribution >= 4 is 9.84 Å². The van der Waals surface area contributed by atoms with Crippen molar-refractivity contribution in [1.82, 2.24) is 0 Å². The lowest BCUT2D eigenvalue weighted by Gasteiger charge is -2.26. The predicted octanol–water partition coefficient (Wildman–Crippen LogP) is 3.18. The summed E-state index contributed by atoms with van der Waals surface area (Å²) < 4.78 is 24.0. The van der Waals surface area contributed by atoms with Crippen LogP contribution in [0.4, 0.5) is 0 Å². The fraction of sp³-hybridized carbons (Fsp3) is 0.118. The van der Waals surface area contributed by atoms with Crippen LogP contribution in [0.25, 0.3) is 0 Å². The lowest BCUT2D eigenvalue weighted by atomic mass is 9.78. The third-order valence-electron chi connectivity index (χ3n) is 3.71. The van der Waals surface area contributed by atoms with E-state index in [1.165, 1.54) is 0 Å². The average Bonchev–Trinajstić information content (AvgIpc) is 2.97. The molecule has 114 valence electrons. The Balaban J connectivity index is 2.40. The van der Waals surface area contributed by atoms with Gasteiger partial charge in [-0.2, -0.15) is 10.4 Å². The van der Waals surface area contributed by atoms with Crippen molar-refractivity contribution in [3.63, 3.8) is 0 Å². The highest BCUT2D eigenvalue weighted by Gasteiger charge is 2.46. The quantitative estimate of drug-likeness (QED) is 0.869. The number of hydrogen-bond donors (Lipinski definition) is 0. The van der Waals surface area contributed by atoms with Crippen LogP contribution in [-0.4, -0.2) is 14.7 Å². The molecule has 0 radical (unpaired) electrons. The molecule has 0 atom stereocenters. The van der Waals surface area contributed by atoms with Crippen LogP contribution in [0.2, 0.25) is 0 Å². The second-order valence-corrected chi connectivity index (χ2v) is 7.14. The van der Waals surface area contributed by atoms with Gasteiger partial charge in [0.25, 0.3) is 0 Å². The monoisotopic (exact) mass is 323 g/mol. The number of azo groups is 1. The Kier molecular flexibility index (Phi) is 3.58. The number of benzene rings is 2. The minimum atomic E-state index is -3.65. The molecular weight excluding hydrogens is 310 g/mol. The maximum Gasteiger partial charge on any atom is 0.195 e. The molecule has 0 aliphatic carbocycles. The Morgan fingerprint density at radius 1 is 0.957 bits per heavy atom. The number of hydrogen-bond acceptors (Lipinski definition) is 5. The first-order chi connectivity index (χ1) is 11.0. The highest BCUT2D eigenvalue weighted by molar-refractivity contribution is 7.94. The third-order valence-corrected chi connectivity index (χ3v) is 4.70. The predicted molar refractivity (Wildman–Crippen MR) is 86.0 cm³/mol. The minimum absolute atomic E-state index is 0.0254. The van der Waals surface area contributed by atoms with Gasteiger partial charge in [-0.15, -0.1) is 5.11 Å². The summed E-state index contributed by atoms with van der Waals surface area (Å²) in [6, 6.07) is 20.3. The molecule has 6 heteroatoms. The van der Waals surface area contributed by atoms with Gasteiger partial charge in [0, 0.05) is 6.26 Å². The number of nitriles is 1. The normalized spacial score (nSPS) is 16.3. The Hall–Kier alpha value is -2.78. The summed E-state index contributed by atoms with van der Waals surface area (Å²) >= 11 is 0. The van der Waals surface area contributed by atoms with E-state index >= 15 is 0 Å². The summed E-state index contributed by atoms with van der Waals surface area (Å²) in [5.74, 6) is 0. The van der Waals surface area contributed by atoms with Gasteiger partial charge < -0.3 is 0 Å². The first-order valence-corrected chi connectivity index (χ1v) is 8.78. The molecule has 2 aromatic rings. The number of sulfone groups is 1. The van der Waals surface area contributed by atoms with Crippen molar-refractivity contribution in [3.8, 4) is 6.07 Å². The summed E-state index contributed by atoms with van der Waals surface area (Å²) in [6.07, 6.45) is 1.03. The molecule has 0 saturated carbocycles. The van der Waals surface area contributed by atoms with E-state index in [9.17, 15) is 13.7 Å². The van der Waals surface area contributed by atoms with Gasteiger partial charge in [-0.25, -0.2) is 8.42 Å². The zero-order chi connectivity index (χ0) is 16.5. The summed E-state index contributed by atoms with van der Waals surface area (Å²) in [7, 11) is -3.65. The maximum absolute atomic E-state index is 12.0. The SMILES string of the molecule is CS(=O)(=O)C1=C(C#N)C(c2ccccc2)(c2ccccc2)N=N1. The van der Waals surface area contributed by atoms with E-state index in [4.69, 9.17) is 0 Å². The highest BCUT2D eigenvalue weighted by atomic mass is 32.2. The van der Waals surface area contributed by atoms with Crippen LogP contribution >= 0.6 is 0 Å². The maximum atomic E-state index is 12.0. The van der Waals surface area contributed by atoms with Crippen LogP contribution in [-0.2, 0) is 15.4 Å². The number of rotatable bonds is 3. The summed E-state index contributed by atoms with van der Waals surface area (Å²) in [5, 5.41) is 17.5. The van der Waals surface area contributed by atoms with Crippen molar-refractivity contribution < 1.29 is 8.42 Å². The molecule has 0 bridgehead atoms. The molecule has 0 aromatic heterocycles. The molecule has 0 unspecified atom stereocenters. The first kappa shape index (κ1) is 15.1. The molecule has 5 nitrogen and oxygen atoms in total. The Morgan fingerprint density at radius 3 is 1.83 bits per heavy atom. The highest BCUT2D eigenvalue weighted by Crippen LogP contribution is 2.46. The van der Waals surface area contributed by atoms with E-state index in [0.717, 1.165) is 6.26 Å². The van der Waals surface area contributed by atoms with Gasteiger partial charge in [0.05, 0.1) is 0 Å². The van der Waals surface area contributed by atoms with E-state index in [0.29, 0.717) is 11.1 Å². The van der Waals surface area contributed by atoms with E-state index in [1.807, 2.05) is 66.7 Å².